The van der Waals surface area contributed by atoms with Crippen LogP contribution in [-0.4, -0.2) is 24.0 Å². The Hall–Kier alpha value is -2.11. The number of nitrogens with zero attached hydrogens (tertiary/aromatic N) is 2. The first kappa shape index (κ1) is 16.4. The van der Waals surface area contributed by atoms with Crippen molar-refractivity contribution in [1.82, 2.24) is 4.98 Å². The number of carbonyl (C=O) groups excluding carboxylic acids is 1. The number of amides is 1. The summed E-state index contributed by atoms with van der Waals surface area (Å²) in [5.41, 5.74) is 3.35. The van der Waals surface area contributed by atoms with Gasteiger partial charge >= 0.3 is 0 Å². The molecule has 1 aliphatic heterocycles. The van der Waals surface area contributed by atoms with Gasteiger partial charge in [0.05, 0.1) is 16.8 Å². The average molecular weight is 372 g/mol. The molecule has 1 N–H and O–H groups in total. The molecule has 0 fully saturated rings. The number of aromatic nitrogens is 1. The van der Waals surface area contributed by atoms with E-state index in [4.69, 9.17) is 11.6 Å². The molecule has 0 bridgehead atoms. The molecule has 25 heavy (non-hydrogen) atoms. The van der Waals surface area contributed by atoms with E-state index in [1.807, 2.05) is 24.3 Å². The molecule has 0 aliphatic carbocycles. The highest BCUT2D eigenvalue weighted by molar-refractivity contribution is 7.22. The van der Waals surface area contributed by atoms with Crippen molar-refractivity contribution < 1.29 is 4.79 Å². The summed E-state index contributed by atoms with van der Waals surface area (Å²) in [5.74, 6) is -0.0399. The summed E-state index contributed by atoms with van der Waals surface area (Å²) >= 11 is 7.46. The fraction of sp³-hybridized carbons (Fsp3) is 0.263. The Morgan fingerprint density at radius 3 is 3.04 bits per heavy atom. The van der Waals surface area contributed by atoms with E-state index < -0.39 is 0 Å². The van der Waals surface area contributed by atoms with Gasteiger partial charge in [0, 0.05) is 17.3 Å². The van der Waals surface area contributed by atoms with Gasteiger partial charge in [-0.3, -0.25) is 4.79 Å². The van der Waals surface area contributed by atoms with Crippen LogP contribution in [0.15, 0.2) is 42.5 Å². The zero-order valence-corrected chi connectivity index (χ0v) is 15.2. The average Bonchev–Trinajstić information content (AvgIpc) is 2.87. The van der Waals surface area contributed by atoms with Crippen LogP contribution in [0.1, 0.15) is 18.4 Å². The third kappa shape index (κ3) is 3.62. The lowest BCUT2D eigenvalue weighted by atomic mass is 10.1. The molecule has 0 saturated heterocycles. The summed E-state index contributed by atoms with van der Waals surface area (Å²) in [7, 11) is 0. The summed E-state index contributed by atoms with van der Waals surface area (Å²) in [5, 5.41) is 4.23. The summed E-state index contributed by atoms with van der Waals surface area (Å²) in [6, 6.07) is 13.9. The number of benzene rings is 2. The molecule has 0 radical (unpaired) electrons. The van der Waals surface area contributed by atoms with Gasteiger partial charge in [-0.2, -0.15) is 0 Å². The monoisotopic (exact) mass is 371 g/mol. The van der Waals surface area contributed by atoms with Gasteiger partial charge in [-0.1, -0.05) is 41.1 Å². The molecule has 3 aromatic rings. The van der Waals surface area contributed by atoms with E-state index in [9.17, 15) is 4.79 Å². The van der Waals surface area contributed by atoms with Crippen molar-refractivity contribution in [2.45, 2.75) is 19.3 Å². The third-order valence-corrected chi connectivity index (χ3v) is 5.56. The Bertz CT molecular complexity index is 924. The Morgan fingerprint density at radius 1 is 1.24 bits per heavy atom. The zero-order chi connectivity index (χ0) is 17.2. The van der Waals surface area contributed by atoms with E-state index in [-0.39, 0.29) is 5.91 Å². The fourth-order valence-electron chi connectivity index (χ4n) is 3.22. The number of nitrogens with one attached hydrogen (secondary N) is 1. The Kier molecular flexibility index (Phi) is 4.59. The lowest BCUT2D eigenvalue weighted by Crippen LogP contribution is -2.33. The lowest BCUT2D eigenvalue weighted by molar-refractivity contribution is -0.115. The number of para-hydroxylation sites is 1. The SMILES string of the molecule is O=C(CN1CCCCc2ccccc21)Nc1nc2ccc(Cl)cc2s1. The number of halogens is 1. The van der Waals surface area contributed by atoms with Gasteiger partial charge in [0.15, 0.2) is 5.13 Å². The van der Waals surface area contributed by atoms with Crippen LogP contribution in [0.3, 0.4) is 0 Å². The minimum absolute atomic E-state index is 0.0399. The van der Waals surface area contributed by atoms with Gasteiger partial charge in [-0.25, -0.2) is 4.98 Å². The van der Waals surface area contributed by atoms with Gasteiger partial charge in [0.2, 0.25) is 5.91 Å². The number of rotatable bonds is 3. The molecule has 0 saturated carbocycles. The molecule has 6 heteroatoms. The van der Waals surface area contributed by atoms with Crippen molar-refractivity contribution in [2.24, 2.45) is 0 Å². The molecule has 0 unspecified atom stereocenters. The number of hydrogen-bond donors (Lipinski definition) is 1. The third-order valence-electron chi connectivity index (χ3n) is 4.39. The lowest BCUT2D eigenvalue weighted by Gasteiger charge is -2.24. The Morgan fingerprint density at radius 2 is 2.12 bits per heavy atom. The first-order valence-corrected chi connectivity index (χ1v) is 9.57. The largest absolute Gasteiger partial charge is 0.362 e. The predicted octanol–water partition coefficient (Wildman–Crippen LogP) is 4.73. The molecular weight excluding hydrogens is 354 g/mol. The summed E-state index contributed by atoms with van der Waals surface area (Å²) in [6.07, 6.45) is 3.34. The second-order valence-corrected chi connectivity index (χ2v) is 7.65. The maximum Gasteiger partial charge on any atom is 0.245 e. The first-order chi connectivity index (χ1) is 12.2. The Balaban J connectivity index is 1.49. The van der Waals surface area contributed by atoms with Crippen LogP contribution in [0.5, 0.6) is 0 Å². The van der Waals surface area contributed by atoms with E-state index in [1.165, 1.54) is 22.6 Å². The standard InChI is InChI=1S/C19H18ClN3OS/c20-14-8-9-15-17(11-14)25-19(21-15)22-18(24)12-23-10-4-3-6-13-5-1-2-7-16(13)23/h1-2,5,7-9,11H,3-4,6,10,12H2,(H,21,22,24). The van der Waals surface area contributed by atoms with Crippen LogP contribution in [0, 0.1) is 0 Å². The highest BCUT2D eigenvalue weighted by Gasteiger charge is 2.18. The maximum atomic E-state index is 12.5. The molecule has 4 rings (SSSR count). The number of hydrogen-bond acceptors (Lipinski definition) is 4. The van der Waals surface area contributed by atoms with Gasteiger partial charge in [0.1, 0.15) is 0 Å². The van der Waals surface area contributed by atoms with Crippen molar-refractivity contribution in [2.75, 3.05) is 23.3 Å². The molecule has 1 amide bonds. The predicted molar refractivity (Wildman–Crippen MR) is 105 cm³/mol. The van der Waals surface area contributed by atoms with Crippen LogP contribution >= 0.6 is 22.9 Å². The number of anilines is 2. The van der Waals surface area contributed by atoms with Crippen LogP contribution in [-0.2, 0) is 11.2 Å². The summed E-state index contributed by atoms with van der Waals surface area (Å²) < 4.78 is 0.975. The van der Waals surface area contributed by atoms with E-state index in [0.717, 1.165) is 36.0 Å². The van der Waals surface area contributed by atoms with Crippen molar-refractivity contribution >= 4 is 49.9 Å². The van der Waals surface area contributed by atoms with E-state index >= 15 is 0 Å². The number of carbonyl (C=O) groups is 1. The molecular formula is C19H18ClN3OS. The van der Waals surface area contributed by atoms with Crippen LogP contribution in [0.2, 0.25) is 5.02 Å². The smallest absolute Gasteiger partial charge is 0.245 e. The van der Waals surface area contributed by atoms with Crippen LogP contribution < -0.4 is 10.2 Å². The van der Waals surface area contributed by atoms with E-state index in [0.29, 0.717) is 16.7 Å². The van der Waals surface area contributed by atoms with Gasteiger partial charge in [0.25, 0.3) is 0 Å². The second-order valence-electron chi connectivity index (χ2n) is 6.19. The highest BCUT2D eigenvalue weighted by atomic mass is 35.5. The second kappa shape index (κ2) is 7.02. The minimum atomic E-state index is -0.0399. The van der Waals surface area contributed by atoms with E-state index in [2.05, 4.69) is 33.4 Å². The first-order valence-electron chi connectivity index (χ1n) is 8.38. The quantitative estimate of drug-likeness (QED) is 0.723. The Labute approximate surface area is 155 Å². The van der Waals surface area contributed by atoms with Crippen molar-refractivity contribution in [3.63, 3.8) is 0 Å². The molecule has 0 spiro atoms. The molecule has 1 aromatic heterocycles. The fourth-order valence-corrected chi connectivity index (χ4v) is 4.38. The van der Waals surface area contributed by atoms with Gasteiger partial charge < -0.3 is 10.2 Å². The normalized spacial score (nSPS) is 14.2. The van der Waals surface area contributed by atoms with Crippen molar-refractivity contribution in [3.05, 3.63) is 53.1 Å². The molecule has 4 nitrogen and oxygen atoms in total. The molecule has 2 aromatic carbocycles. The number of aryl methyl sites for hydroxylation is 1. The number of thiazole rings is 1. The molecule has 128 valence electrons. The minimum Gasteiger partial charge on any atom is -0.362 e. The molecule has 0 atom stereocenters. The van der Waals surface area contributed by atoms with Crippen molar-refractivity contribution in [1.29, 1.82) is 0 Å². The van der Waals surface area contributed by atoms with Crippen LogP contribution in [0.25, 0.3) is 10.2 Å². The molecule has 1 aliphatic rings. The summed E-state index contributed by atoms with van der Waals surface area (Å²) in [6.45, 7) is 1.24. The maximum absolute atomic E-state index is 12.5. The van der Waals surface area contributed by atoms with Crippen molar-refractivity contribution in [3.8, 4) is 0 Å². The highest BCUT2D eigenvalue weighted by Crippen LogP contribution is 2.29. The topological polar surface area (TPSA) is 45.2 Å². The zero-order valence-electron chi connectivity index (χ0n) is 13.7. The number of fused-ring (bicyclic) bond motifs is 2. The van der Waals surface area contributed by atoms with Crippen LogP contribution in [0.4, 0.5) is 10.8 Å². The molecule has 2 heterocycles. The van der Waals surface area contributed by atoms with E-state index in [1.54, 1.807) is 0 Å². The van der Waals surface area contributed by atoms with Gasteiger partial charge in [-0.05, 0) is 49.1 Å². The van der Waals surface area contributed by atoms with Gasteiger partial charge in [-0.15, -0.1) is 0 Å². The summed E-state index contributed by atoms with van der Waals surface area (Å²) in [4.78, 5) is 19.2.